The molecule has 0 aliphatic carbocycles. The maximum Gasteiger partial charge on any atom is 0.193 e. The Kier molecular flexibility index (Phi) is 4.99. The number of anilines is 1. The molecular formula is C19H30N4O. The number of nitrogens with one attached hydrogen (secondary N) is 1. The number of hydrogen-bond acceptors (Lipinski definition) is 3. The standard InChI is InChI=1S/C19H30N4O/c1-15-11-17(22(3)4)6-5-16(15)12-21-18(20-2)23-9-7-19(13-23)8-10-24-14-19/h5-6,11H,7-10,12-14H2,1-4H3,(H,20,21). The minimum absolute atomic E-state index is 0.362. The van der Waals surface area contributed by atoms with E-state index in [1.54, 1.807) is 0 Å². The summed E-state index contributed by atoms with van der Waals surface area (Å²) < 4.78 is 5.63. The van der Waals surface area contributed by atoms with Crippen LogP contribution in [0.2, 0.25) is 0 Å². The lowest BCUT2D eigenvalue weighted by atomic mass is 9.87. The first kappa shape index (κ1) is 17.1. The molecule has 2 aliphatic rings. The maximum absolute atomic E-state index is 5.63. The Morgan fingerprint density at radius 1 is 1.38 bits per heavy atom. The molecular weight excluding hydrogens is 300 g/mol. The van der Waals surface area contributed by atoms with Crippen LogP contribution in [0.4, 0.5) is 5.69 Å². The van der Waals surface area contributed by atoms with Crippen LogP contribution in [-0.4, -0.2) is 58.3 Å². The van der Waals surface area contributed by atoms with E-state index < -0.39 is 0 Å². The number of benzene rings is 1. The van der Waals surface area contributed by atoms with Crippen LogP contribution < -0.4 is 10.2 Å². The van der Waals surface area contributed by atoms with E-state index in [4.69, 9.17) is 4.74 Å². The molecule has 5 heteroatoms. The molecule has 1 aromatic carbocycles. The van der Waals surface area contributed by atoms with E-state index >= 15 is 0 Å². The summed E-state index contributed by atoms with van der Waals surface area (Å²) >= 11 is 0. The lowest BCUT2D eigenvalue weighted by Crippen LogP contribution is -2.41. The van der Waals surface area contributed by atoms with Gasteiger partial charge in [-0.2, -0.15) is 0 Å². The molecule has 2 heterocycles. The summed E-state index contributed by atoms with van der Waals surface area (Å²) in [5, 5.41) is 3.55. The van der Waals surface area contributed by atoms with E-state index in [9.17, 15) is 0 Å². The van der Waals surface area contributed by atoms with Crippen LogP contribution in [0.5, 0.6) is 0 Å². The third-order valence-corrected chi connectivity index (χ3v) is 5.41. The SMILES string of the molecule is CN=C(NCc1ccc(N(C)C)cc1C)N1CCC2(CCOC2)C1. The zero-order valence-electron chi connectivity index (χ0n) is 15.4. The Hall–Kier alpha value is -1.75. The molecule has 1 aromatic rings. The van der Waals surface area contributed by atoms with Gasteiger partial charge in [0.2, 0.25) is 0 Å². The molecule has 0 bridgehead atoms. The molecule has 132 valence electrons. The third-order valence-electron chi connectivity index (χ3n) is 5.41. The van der Waals surface area contributed by atoms with Crippen molar-refractivity contribution in [3.8, 4) is 0 Å². The van der Waals surface area contributed by atoms with Crippen molar-refractivity contribution in [1.29, 1.82) is 0 Å². The van der Waals surface area contributed by atoms with Crippen LogP contribution in [0, 0.1) is 12.3 Å². The highest BCUT2D eigenvalue weighted by atomic mass is 16.5. The molecule has 24 heavy (non-hydrogen) atoms. The van der Waals surface area contributed by atoms with Gasteiger partial charge in [-0.05, 0) is 43.0 Å². The highest BCUT2D eigenvalue weighted by Gasteiger charge is 2.42. The zero-order chi connectivity index (χ0) is 17.2. The van der Waals surface area contributed by atoms with Crippen molar-refractivity contribution in [1.82, 2.24) is 10.2 Å². The average Bonchev–Trinajstić information content (AvgIpc) is 3.19. The van der Waals surface area contributed by atoms with Gasteiger partial charge in [-0.1, -0.05) is 6.07 Å². The van der Waals surface area contributed by atoms with Gasteiger partial charge in [-0.25, -0.2) is 0 Å². The van der Waals surface area contributed by atoms with Crippen LogP contribution >= 0.6 is 0 Å². The Morgan fingerprint density at radius 3 is 2.83 bits per heavy atom. The summed E-state index contributed by atoms with van der Waals surface area (Å²) in [6.45, 7) is 6.94. The van der Waals surface area contributed by atoms with Gasteiger partial charge in [-0.15, -0.1) is 0 Å². The quantitative estimate of drug-likeness (QED) is 0.682. The zero-order valence-corrected chi connectivity index (χ0v) is 15.4. The number of aliphatic imine (C=N–C) groups is 1. The first-order chi connectivity index (χ1) is 11.5. The first-order valence-corrected chi connectivity index (χ1v) is 8.83. The molecule has 2 saturated heterocycles. The summed E-state index contributed by atoms with van der Waals surface area (Å²) in [6.07, 6.45) is 2.40. The Morgan fingerprint density at radius 2 is 2.21 bits per heavy atom. The molecule has 2 aliphatic heterocycles. The van der Waals surface area contributed by atoms with Gasteiger partial charge in [0.1, 0.15) is 0 Å². The molecule has 0 saturated carbocycles. The largest absolute Gasteiger partial charge is 0.381 e. The van der Waals surface area contributed by atoms with Gasteiger partial charge in [0.15, 0.2) is 5.96 Å². The summed E-state index contributed by atoms with van der Waals surface area (Å²) in [6, 6.07) is 6.62. The second-order valence-electron chi connectivity index (χ2n) is 7.38. The van der Waals surface area contributed by atoms with Crippen molar-refractivity contribution >= 4 is 11.6 Å². The molecule has 0 amide bonds. The predicted molar refractivity (Wildman–Crippen MR) is 99.8 cm³/mol. The second kappa shape index (κ2) is 7.01. The van der Waals surface area contributed by atoms with E-state index in [2.05, 4.69) is 59.3 Å². The lowest BCUT2D eigenvalue weighted by Gasteiger charge is -2.25. The first-order valence-electron chi connectivity index (χ1n) is 8.83. The molecule has 2 fully saturated rings. The lowest BCUT2D eigenvalue weighted by molar-refractivity contribution is 0.156. The molecule has 1 unspecified atom stereocenters. The highest BCUT2D eigenvalue weighted by molar-refractivity contribution is 5.80. The Balaban J connectivity index is 1.61. The Labute approximate surface area is 145 Å². The normalized spacial score (nSPS) is 24.0. The van der Waals surface area contributed by atoms with Gasteiger partial charge in [0.25, 0.3) is 0 Å². The molecule has 1 N–H and O–H groups in total. The van der Waals surface area contributed by atoms with Crippen molar-refractivity contribution in [2.24, 2.45) is 10.4 Å². The van der Waals surface area contributed by atoms with Crippen LogP contribution in [-0.2, 0) is 11.3 Å². The van der Waals surface area contributed by atoms with E-state index in [0.29, 0.717) is 5.41 Å². The van der Waals surface area contributed by atoms with Crippen molar-refractivity contribution in [2.45, 2.75) is 26.3 Å². The fraction of sp³-hybridized carbons (Fsp3) is 0.632. The molecule has 3 rings (SSSR count). The van der Waals surface area contributed by atoms with E-state index in [0.717, 1.165) is 38.8 Å². The van der Waals surface area contributed by atoms with Gasteiger partial charge in [-0.3, -0.25) is 4.99 Å². The molecule has 1 atom stereocenters. The second-order valence-corrected chi connectivity index (χ2v) is 7.38. The van der Waals surface area contributed by atoms with E-state index in [1.807, 2.05) is 7.05 Å². The maximum atomic E-state index is 5.63. The number of aryl methyl sites for hydroxylation is 1. The smallest absolute Gasteiger partial charge is 0.193 e. The number of nitrogens with zero attached hydrogens (tertiary/aromatic N) is 3. The number of likely N-dealkylation sites (tertiary alicyclic amines) is 1. The summed E-state index contributed by atoms with van der Waals surface area (Å²) in [7, 11) is 6.02. The summed E-state index contributed by atoms with van der Waals surface area (Å²) in [4.78, 5) is 9.02. The summed E-state index contributed by atoms with van der Waals surface area (Å²) in [5.74, 6) is 1.01. The number of guanidine groups is 1. The van der Waals surface area contributed by atoms with E-state index in [1.165, 1.54) is 29.7 Å². The molecule has 1 spiro atoms. The molecule has 5 nitrogen and oxygen atoms in total. The van der Waals surface area contributed by atoms with Crippen LogP contribution in [0.25, 0.3) is 0 Å². The van der Waals surface area contributed by atoms with Crippen molar-refractivity contribution in [3.05, 3.63) is 29.3 Å². The average molecular weight is 330 g/mol. The van der Waals surface area contributed by atoms with Crippen molar-refractivity contribution in [3.63, 3.8) is 0 Å². The molecule has 0 aromatic heterocycles. The fourth-order valence-corrected chi connectivity index (χ4v) is 3.75. The third kappa shape index (κ3) is 3.51. The van der Waals surface area contributed by atoms with Crippen LogP contribution in [0.1, 0.15) is 24.0 Å². The predicted octanol–water partition coefficient (Wildman–Crippen LogP) is 2.25. The fourth-order valence-electron chi connectivity index (χ4n) is 3.75. The molecule has 0 radical (unpaired) electrons. The van der Waals surface area contributed by atoms with Gasteiger partial charge >= 0.3 is 0 Å². The van der Waals surface area contributed by atoms with Crippen LogP contribution in [0.15, 0.2) is 23.2 Å². The Bertz CT molecular complexity index is 605. The summed E-state index contributed by atoms with van der Waals surface area (Å²) in [5.41, 5.74) is 4.23. The number of rotatable bonds is 3. The minimum atomic E-state index is 0.362. The van der Waals surface area contributed by atoms with Gasteiger partial charge in [0.05, 0.1) is 6.61 Å². The van der Waals surface area contributed by atoms with Crippen molar-refractivity contribution in [2.75, 3.05) is 52.3 Å². The van der Waals surface area contributed by atoms with Crippen molar-refractivity contribution < 1.29 is 4.74 Å². The van der Waals surface area contributed by atoms with E-state index in [-0.39, 0.29) is 0 Å². The highest BCUT2D eigenvalue weighted by Crippen LogP contribution is 2.38. The minimum Gasteiger partial charge on any atom is -0.381 e. The number of hydrogen-bond donors (Lipinski definition) is 1. The monoisotopic (exact) mass is 330 g/mol. The number of ether oxygens (including phenoxy) is 1. The van der Waals surface area contributed by atoms with Crippen LogP contribution in [0.3, 0.4) is 0 Å². The van der Waals surface area contributed by atoms with Gasteiger partial charge in [0, 0.05) is 58.5 Å². The van der Waals surface area contributed by atoms with Gasteiger partial charge < -0.3 is 19.9 Å². The topological polar surface area (TPSA) is 40.1 Å².